The molecule has 0 saturated carbocycles. The normalized spacial score (nSPS) is 31.3. The lowest BCUT2D eigenvalue weighted by atomic mass is 10.2. The van der Waals surface area contributed by atoms with Gasteiger partial charge in [0.2, 0.25) is 0 Å². The molecule has 0 aromatic carbocycles. The Hall–Kier alpha value is -0.830. The number of methoxy groups -OCH3 is 1. The standard InChI is InChI=1S/C7H12N2O/c1-6-4-9-7(2,10-3)5-8-6/h4-5,9H,1-3H3. The van der Waals surface area contributed by atoms with Crippen LogP contribution in [0, 0.1) is 0 Å². The van der Waals surface area contributed by atoms with Gasteiger partial charge in [-0.1, -0.05) is 0 Å². The molecule has 1 rings (SSSR count). The molecule has 1 aliphatic rings. The largest absolute Gasteiger partial charge is 0.358 e. The Morgan fingerprint density at radius 3 is 2.80 bits per heavy atom. The zero-order chi connectivity index (χ0) is 7.61. The van der Waals surface area contributed by atoms with Crippen LogP contribution in [0.4, 0.5) is 0 Å². The van der Waals surface area contributed by atoms with E-state index in [0.717, 1.165) is 5.70 Å². The second kappa shape index (κ2) is 2.42. The van der Waals surface area contributed by atoms with Gasteiger partial charge in [-0.2, -0.15) is 0 Å². The summed E-state index contributed by atoms with van der Waals surface area (Å²) in [5, 5.41) is 3.06. The van der Waals surface area contributed by atoms with Crippen LogP contribution in [0.1, 0.15) is 13.8 Å². The summed E-state index contributed by atoms with van der Waals surface area (Å²) >= 11 is 0. The Morgan fingerprint density at radius 1 is 1.70 bits per heavy atom. The van der Waals surface area contributed by atoms with Crippen molar-refractivity contribution in [3.8, 4) is 0 Å². The van der Waals surface area contributed by atoms with Crippen LogP contribution in [0.3, 0.4) is 0 Å². The molecule has 3 nitrogen and oxygen atoms in total. The van der Waals surface area contributed by atoms with E-state index in [2.05, 4.69) is 10.3 Å². The highest BCUT2D eigenvalue weighted by atomic mass is 16.5. The van der Waals surface area contributed by atoms with Crippen molar-refractivity contribution in [1.82, 2.24) is 5.32 Å². The number of nitrogens with one attached hydrogen (secondary N) is 1. The molecule has 56 valence electrons. The van der Waals surface area contributed by atoms with Gasteiger partial charge in [-0.25, -0.2) is 0 Å². The fourth-order valence-corrected chi connectivity index (χ4v) is 0.659. The third-order valence-electron chi connectivity index (χ3n) is 1.51. The summed E-state index contributed by atoms with van der Waals surface area (Å²) in [7, 11) is 1.65. The van der Waals surface area contributed by atoms with Gasteiger partial charge in [0.25, 0.3) is 0 Å². The van der Waals surface area contributed by atoms with Crippen molar-refractivity contribution in [3.63, 3.8) is 0 Å². The van der Waals surface area contributed by atoms with Crippen molar-refractivity contribution in [2.45, 2.75) is 19.6 Å². The zero-order valence-electron chi connectivity index (χ0n) is 6.51. The summed E-state index contributed by atoms with van der Waals surface area (Å²) in [6.45, 7) is 3.85. The van der Waals surface area contributed by atoms with E-state index in [0.29, 0.717) is 0 Å². The van der Waals surface area contributed by atoms with Crippen molar-refractivity contribution in [3.05, 3.63) is 11.9 Å². The van der Waals surface area contributed by atoms with Gasteiger partial charge >= 0.3 is 0 Å². The summed E-state index contributed by atoms with van der Waals surface area (Å²) in [4.78, 5) is 4.10. The Bertz CT molecular complexity index is 186. The SMILES string of the molecule is COC1(C)C=NC(C)=CN1. The Morgan fingerprint density at radius 2 is 2.40 bits per heavy atom. The monoisotopic (exact) mass is 140 g/mol. The van der Waals surface area contributed by atoms with Gasteiger partial charge in [0, 0.05) is 13.3 Å². The Kier molecular flexibility index (Phi) is 1.76. The van der Waals surface area contributed by atoms with E-state index in [1.54, 1.807) is 13.3 Å². The van der Waals surface area contributed by atoms with Crippen LogP contribution >= 0.6 is 0 Å². The van der Waals surface area contributed by atoms with Crippen molar-refractivity contribution in [1.29, 1.82) is 0 Å². The molecule has 0 aliphatic carbocycles. The molecule has 1 N–H and O–H groups in total. The minimum absolute atomic E-state index is 0.417. The fourth-order valence-electron chi connectivity index (χ4n) is 0.659. The van der Waals surface area contributed by atoms with Crippen LogP contribution in [-0.2, 0) is 4.74 Å². The van der Waals surface area contributed by atoms with Crippen LogP contribution in [0.2, 0.25) is 0 Å². The third-order valence-corrected chi connectivity index (χ3v) is 1.51. The molecule has 0 amide bonds. The van der Waals surface area contributed by atoms with Gasteiger partial charge in [0.15, 0.2) is 5.72 Å². The minimum atomic E-state index is -0.417. The minimum Gasteiger partial charge on any atom is -0.358 e. The summed E-state index contributed by atoms with van der Waals surface area (Å²) in [6, 6.07) is 0. The number of hydrogen-bond acceptors (Lipinski definition) is 3. The maximum atomic E-state index is 5.12. The zero-order valence-corrected chi connectivity index (χ0v) is 6.51. The highest BCUT2D eigenvalue weighted by Gasteiger charge is 2.20. The van der Waals surface area contributed by atoms with Crippen LogP contribution in [0.25, 0.3) is 0 Å². The summed E-state index contributed by atoms with van der Waals surface area (Å²) in [6.07, 6.45) is 3.59. The number of ether oxygens (including phenoxy) is 1. The van der Waals surface area contributed by atoms with E-state index in [9.17, 15) is 0 Å². The lowest BCUT2D eigenvalue weighted by molar-refractivity contribution is 0.0513. The molecule has 1 heterocycles. The summed E-state index contributed by atoms with van der Waals surface area (Å²) in [5.74, 6) is 0. The maximum absolute atomic E-state index is 5.12. The van der Waals surface area contributed by atoms with E-state index in [1.807, 2.05) is 20.0 Å². The molecule has 0 spiro atoms. The highest BCUT2D eigenvalue weighted by Crippen LogP contribution is 2.08. The van der Waals surface area contributed by atoms with Crippen LogP contribution in [0.5, 0.6) is 0 Å². The molecule has 3 heteroatoms. The van der Waals surface area contributed by atoms with Crippen molar-refractivity contribution in [2.75, 3.05) is 7.11 Å². The number of nitrogens with zero attached hydrogens (tertiary/aromatic N) is 1. The lowest BCUT2D eigenvalue weighted by Gasteiger charge is -2.26. The molecular formula is C7H12N2O. The lowest BCUT2D eigenvalue weighted by Crippen LogP contribution is -2.44. The fraction of sp³-hybridized carbons (Fsp3) is 0.571. The molecule has 0 radical (unpaired) electrons. The van der Waals surface area contributed by atoms with Gasteiger partial charge in [-0.3, -0.25) is 4.99 Å². The Balaban J connectivity index is 2.67. The van der Waals surface area contributed by atoms with Crippen molar-refractivity contribution >= 4 is 6.21 Å². The number of rotatable bonds is 1. The van der Waals surface area contributed by atoms with Crippen molar-refractivity contribution < 1.29 is 4.74 Å². The van der Waals surface area contributed by atoms with E-state index >= 15 is 0 Å². The molecule has 0 saturated heterocycles. The second-order valence-electron chi connectivity index (χ2n) is 2.50. The first-order chi connectivity index (χ1) is 4.66. The highest BCUT2D eigenvalue weighted by molar-refractivity contribution is 5.70. The van der Waals surface area contributed by atoms with Gasteiger partial charge < -0.3 is 10.1 Å². The van der Waals surface area contributed by atoms with E-state index in [-0.39, 0.29) is 0 Å². The first kappa shape index (κ1) is 7.28. The molecule has 10 heavy (non-hydrogen) atoms. The predicted molar refractivity (Wildman–Crippen MR) is 40.8 cm³/mol. The molecule has 1 atom stereocenters. The first-order valence-corrected chi connectivity index (χ1v) is 3.21. The topological polar surface area (TPSA) is 33.6 Å². The van der Waals surface area contributed by atoms with E-state index < -0.39 is 5.72 Å². The Labute approximate surface area is 60.8 Å². The summed E-state index contributed by atoms with van der Waals surface area (Å²) in [5.41, 5.74) is 0.550. The average molecular weight is 140 g/mol. The predicted octanol–water partition coefficient (Wildman–Crippen LogP) is 0.884. The average Bonchev–Trinajstić information content (AvgIpc) is 1.96. The van der Waals surface area contributed by atoms with Crippen molar-refractivity contribution in [2.24, 2.45) is 4.99 Å². The molecule has 1 unspecified atom stereocenters. The maximum Gasteiger partial charge on any atom is 0.171 e. The smallest absolute Gasteiger partial charge is 0.171 e. The van der Waals surface area contributed by atoms with Crippen LogP contribution in [-0.4, -0.2) is 19.0 Å². The molecule has 1 aliphatic heterocycles. The molecule has 0 aromatic rings. The quantitative estimate of drug-likeness (QED) is 0.586. The van der Waals surface area contributed by atoms with Gasteiger partial charge in [0.05, 0.1) is 11.9 Å². The van der Waals surface area contributed by atoms with E-state index in [1.165, 1.54) is 0 Å². The second-order valence-corrected chi connectivity index (χ2v) is 2.50. The number of aliphatic imine (C=N–C) groups is 1. The number of hydrogen-bond donors (Lipinski definition) is 1. The van der Waals surface area contributed by atoms with Gasteiger partial charge in [-0.05, 0) is 13.8 Å². The van der Waals surface area contributed by atoms with Crippen LogP contribution < -0.4 is 5.32 Å². The molecule has 0 bridgehead atoms. The summed E-state index contributed by atoms with van der Waals surface area (Å²) < 4.78 is 5.12. The molecule has 0 aromatic heterocycles. The van der Waals surface area contributed by atoms with Crippen LogP contribution in [0.15, 0.2) is 16.9 Å². The third kappa shape index (κ3) is 1.36. The molecule has 0 fully saturated rings. The van der Waals surface area contributed by atoms with Gasteiger partial charge in [-0.15, -0.1) is 0 Å². The van der Waals surface area contributed by atoms with Gasteiger partial charge in [0.1, 0.15) is 0 Å². The first-order valence-electron chi connectivity index (χ1n) is 3.21. The molecular weight excluding hydrogens is 128 g/mol. The van der Waals surface area contributed by atoms with E-state index in [4.69, 9.17) is 4.74 Å². The number of allylic oxidation sites excluding steroid dienone is 1.